The summed E-state index contributed by atoms with van der Waals surface area (Å²) in [6, 6.07) is 3.01. The summed E-state index contributed by atoms with van der Waals surface area (Å²) >= 11 is 0. The third-order valence-electron chi connectivity index (χ3n) is 2.21. The fourth-order valence-corrected chi connectivity index (χ4v) is 1.51. The molecule has 1 rings (SSSR count). The maximum absolute atomic E-state index is 11.6. The Hall–Kier alpha value is -1.58. The van der Waals surface area contributed by atoms with E-state index in [1.165, 1.54) is 0 Å². The van der Waals surface area contributed by atoms with Crippen LogP contribution in [0.5, 0.6) is 0 Å². The summed E-state index contributed by atoms with van der Waals surface area (Å²) in [5.74, 6) is -0.292. The molecule has 0 aliphatic carbocycles. The van der Waals surface area contributed by atoms with E-state index < -0.39 is 6.04 Å². The molecule has 1 aromatic rings. The van der Waals surface area contributed by atoms with Crippen molar-refractivity contribution in [1.82, 2.24) is 4.57 Å². The van der Waals surface area contributed by atoms with Crippen molar-refractivity contribution >= 4 is 12.3 Å². The molecular formula is C11H15NO3. The van der Waals surface area contributed by atoms with Crippen LogP contribution in [0, 0.1) is 0 Å². The summed E-state index contributed by atoms with van der Waals surface area (Å²) in [7, 11) is 0. The van der Waals surface area contributed by atoms with Crippen LogP contribution in [0.2, 0.25) is 0 Å². The molecule has 0 radical (unpaired) electrons. The van der Waals surface area contributed by atoms with Gasteiger partial charge in [-0.2, -0.15) is 0 Å². The second-order valence-electron chi connectivity index (χ2n) is 3.13. The van der Waals surface area contributed by atoms with Gasteiger partial charge in [-0.05, 0) is 25.5 Å². The van der Waals surface area contributed by atoms with Gasteiger partial charge < -0.3 is 9.30 Å². The van der Waals surface area contributed by atoms with Crippen LogP contribution in [0.3, 0.4) is 0 Å². The number of esters is 1. The highest BCUT2D eigenvalue weighted by atomic mass is 16.5. The normalized spacial score (nSPS) is 12.1. The second kappa shape index (κ2) is 5.34. The minimum absolute atomic E-state index is 0.292. The Labute approximate surface area is 88.8 Å². The first-order valence-corrected chi connectivity index (χ1v) is 5.03. The average molecular weight is 209 g/mol. The third kappa shape index (κ3) is 2.46. The largest absolute Gasteiger partial charge is 0.464 e. The second-order valence-corrected chi connectivity index (χ2v) is 3.13. The van der Waals surface area contributed by atoms with Crippen molar-refractivity contribution in [3.8, 4) is 0 Å². The van der Waals surface area contributed by atoms with E-state index >= 15 is 0 Å². The van der Waals surface area contributed by atoms with Gasteiger partial charge in [-0.3, -0.25) is 4.79 Å². The summed E-state index contributed by atoms with van der Waals surface area (Å²) in [5, 5.41) is 0. The van der Waals surface area contributed by atoms with E-state index in [0.717, 1.165) is 6.29 Å². The van der Waals surface area contributed by atoms with Gasteiger partial charge in [0.1, 0.15) is 6.04 Å². The van der Waals surface area contributed by atoms with Gasteiger partial charge in [-0.1, -0.05) is 6.92 Å². The maximum atomic E-state index is 11.6. The van der Waals surface area contributed by atoms with Gasteiger partial charge in [0.2, 0.25) is 0 Å². The first kappa shape index (κ1) is 11.5. The smallest absolute Gasteiger partial charge is 0.329 e. The van der Waals surface area contributed by atoms with Gasteiger partial charge in [0.05, 0.1) is 12.3 Å². The minimum atomic E-state index is -0.403. The summed E-state index contributed by atoms with van der Waals surface area (Å²) in [4.78, 5) is 22.3. The predicted octanol–water partition coefficient (Wildman–Crippen LogP) is 1.81. The molecule has 15 heavy (non-hydrogen) atoms. The molecule has 0 saturated heterocycles. The van der Waals surface area contributed by atoms with Crippen molar-refractivity contribution in [1.29, 1.82) is 0 Å². The van der Waals surface area contributed by atoms with Crippen LogP contribution >= 0.6 is 0 Å². The third-order valence-corrected chi connectivity index (χ3v) is 2.21. The van der Waals surface area contributed by atoms with Crippen LogP contribution < -0.4 is 0 Å². The number of hydrogen-bond acceptors (Lipinski definition) is 3. The molecule has 1 atom stereocenters. The standard InChI is InChI=1S/C11H15NO3/c1-3-10(11(14)15-4-2)12-7-5-6-9(12)8-13/h5-8,10H,3-4H2,1-2H3. The van der Waals surface area contributed by atoms with Gasteiger partial charge in [-0.25, -0.2) is 4.79 Å². The zero-order chi connectivity index (χ0) is 11.3. The van der Waals surface area contributed by atoms with Crippen LogP contribution in [0.4, 0.5) is 0 Å². The number of aromatic nitrogens is 1. The quantitative estimate of drug-likeness (QED) is 0.549. The van der Waals surface area contributed by atoms with E-state index in [4.69, 9.17) is 4.74 Å². The molecule has 4 heteroatoms. The molecule has 0 fully saturated rings. The zero-order valence-electron chi connectivity index (χ0n) is 8.97. The van der Waals surface area contributed by atoms with E-state index in [2.05, 4.69) is 0 Å². The molecule has 4 nitrogen and oxygen atoms in total. The highest BCUT2D eigenvalue weighted by Crippen LogP contribution is 2.16. The highest BCUT2D eigenvalue weighted by molar-refractivity contribution is 5.78. The van der Waals surface area contributed by atoms with Crippen LogP contribution in [0.15, 0.2) is 18.3 Å². The molecular weight excluding hydrogens is 194 g/mol. The molecule has 1 heterocycles. The molecule has 0 N–H and O–H groups in total. The number of aldehydes is 1. The molecule has 82 valence electrons. The number of nitrogens with zero attached hydrogens (tertiary/aromatic N) is 1. The van der Waals surface area contributed by atoms with E-state index in [1.807, 2.05) is 6.92 Å². The molecule has 1 unspecified atom stereocenters. The van der Waals surface area contributed by atoms with Crippen molar-refractivity contribution in [2.45, 2.75) is 26.3 Å². The molecule has 0 bridgehead atoms. The molecule has 0 amide bonds. The van der Waals surface area contributed by atoms with E-state index in [0.29, 0.717) is 18.7 Å². The lowest BCUT2D eigenvalue weighted by atomic mass is 10.2. The molecule has 0 spiro atoms. The summed E-state index contributed by atoms with van der Waals surface area (Å²) < 4.78 is 6.59. The first-order valence-electron chi connectivity index (χ1n) is 5.03. The monoisotopic (exact) mass is 209 g/mol. The summed E-state index contributed by atoms with van der Waals surface area (Å²) in [6.07, 6.45) is 3.06. The van der Waals surface area contributed by atoms with Crippen molar-refractivity contribution in [2.24, 2.45) is 0 Å². The number of rotatable bonds is 5. The fourth-order valence-electron chi connectivity index (χ4n) is 1.51. The number of ether oxygens (including phenoxy) is 1. The van der Waals surface area contributed by atoms with E-state index in [1.54, 1.807) is 29.8 Å². The van der Waals surface area contributed by atoms with Gasteiger partial charge in [0, 0.05) is 6.20 Å². The first-order chi connectivity index (χ1) is 7.24. The predicted molar refractivity (Wildman–Crippen MR) is 55.8 cm³/mol. The van der Waals surface area contributed by atoms with E-state index in [-0.39, 0.29) is 5.97 Å². The van der Waals surface area contributed by atoms with Gasteiger partial charge >= 0.3 is 5.97 Å². The molecule has 1 aromatic heterocycles. The summed E-state index contributed by atoms with van der Waals surface area (Å²) in [6.45, 7) is 4.00. The van der Waals surface area contributed by atoms with Crippen molar-refractivity contribution in [3.05, 3.63) is 24.0 Å². The zero-order valence-corrected chi connectivity index (χ0v) is 8.97. The maximum Gasteiger partial charge on any atom is 0.329 e. The molecule has 0 aliphatic rings. The van der Waals surface area contributed by atoms with E-state index in [9.17, 15) is 9.59 Å². The van der Waals surface area contributed by atoms with Crippen molar-refractivity contribution in [3.63, 3.8) is 0 Å². The molecule has 0 saturated carbocycles. The Morgan fingerprint density at radius 3 is 2.87 bits per heavy atom. The van der Waals surface area contributed by atoms with Crippen LogP contribution in [-0.2, 0) is 9.53 Å². The van der Waals surface area contributed by atoms with Crippen LogP contribution in [0.25, 0.3) is 0 Å². The Balaban J connectivity index is 2.91. The lowest BCUT2D eigenvalue weighted by Crippen LogP contribution is -2.22. The van der Waals surface area contributed by atoms with Gasteiger partial charge in [0.15, 0.2) is 6.29 Å². The number of carbonyl (C=O) groups excluding carboxylic acids is 2. The lowest BCUT2D eigenvalue weighted by molar-refractivity contribution is -0.147. The Morgan fingerprint density at radius 1 is 1.60 bits per heavy atom. The topological polar surface area (TPSA) is 48.3 Å². The Bertz CT molecular complexity index is 343. The molecule has 0 aromatic carbocycles. The van der Waals surface area contributed by atoms with Crippen LogP contribution in [0.1, 0.15) is 36.8 Å². The number of hydrogen-bond donors (Lipinski definition) is 0. The molecule has 0 aliphatic heterocycles. The highest BCUT2D eigenvalue weighted by Gasteiger charge is 2.20. The van der Waals surface area contributed by atoms with Crippen molar-refractivity contribution in [2.75, 3.05) is 6.61 Å². The number of carbonyl (C=O) groups is 2. The van der Waals surface area contributed by atoms with Crippen molar-refractivity contribution < 1.29 is 14.3 Å². The Kier molecular flexibility index (Phi) is 4.09. The summed E-state index contributed by atoms with van der Waals surface area (Å²) in [5.41, 5.74) is 0.495. The SMILES string of the molecule is CCOC(=O)C(CC)n1cccc1C=O. The van der Waals surface area contributed by atoms with Crippen LogP contribution in [-0.4, -0.2) is 23.4 Å². The fraction of sp³-hybridized carbons (Fsp3) is 0.455. The van der Waals surface area contributed by atoms with Gasteiger partial charge in [0.25, 0.3) is 0 Å². The average Bonchev–Trinajstić information content (AvgIpc) is 2.67. The Morgan fingerprint density at radius 2 is 2.33 bits per heavy atom. The van der Waals surface area contributed by atoms with Gasteiger partial charge in [-0.15, -0.1) is 0 Å². The lowest BCUT2D eigenvalue weighted by Gasteiger charge is -2.16. The minimum Gasteiger partial charge on any atom is -0.464 e.